The number of piperazine rings is 1. The molecule has 0 spiro atoms. The number of hydrogen-bond donors (Lipinski definition) is 1. The second-order valence-corrected chi connectivity index (χ2v) is 8.59. The summed E-state index contributed by atoms with van der Waals surface area (Å²) in [6.45, 7) is 10.8. The first-order chi connectivity index (χ1) is 15.5. The Morgan fingerprint density at radius 2 is 1.81 bits per heavy atom. The highest BCUT2D eigenvalue weighted by Crippen LogP contribution is 2.25. The molecular formula is C25H29N7. The van der Waals surface area contributed by atoms with Crippen LogP contribution in [-0.4, -0.2) is 46.5 Å². The van der Waals surface area contributed by atoms with Gasteiger partial charge in [-0.1, -0.05) is 44.2 Å². The van der Waals surface area contributed by atoms with Gasteiger partial charge in [-0.2, -0.15) is 5.26 Å². The number of benzene rings is 2. The number of guanidine groups is 1. The average Bonchev–Trinajstić information content (AvgIpc) is 2.80. The number of hydrogen-bond acceptors (Lipinski definition) is 5. The minimum absolute atomic E-state index is 0.168. The minimum Gasteiger partial charge on any atom is -0.351 e. The molecule has 1 N–H and O–H groups in total. The van der Waals surface area contributed by atoms with Gasteiger partial charge in [0.1, 0.15) is 5.82 Å². The molecule has 7 nitrogen and oxygen atoms in total. The van der Waals surface area contributed by atoms with Gasteiger partial charge < -0.3 is 15.1 Å². The molecule has 2 heterocycles. The second-order valence-electron chi connectivity index (χ2n) is 8.59. The molecule has 0 aliphatic carbocycles. The predicted molar refractivity (Wildman–Crippen MR) is 130 cm³/mol. The van der Waals surface area contributed by atoms with Crippen molar-refractivity contribution in [2.24, 2.45) is 10.9 Å². The van der Waals surface area contributed by atoms with Crippen molar-refractivity contribution in [3.05, 3.63) is 59.8 Å². The van der Waals surface area contributed by atoms with Crippen LogP contribution >= 0.6 is 0 Å². The van der Waals surface area contributed by atoms with Gasteiger partial charge in [0.15, 0.2) is 0 Å². The van der Waals surface area contributed by atoms with Crippen molar-refractivity contribution in [1.82, 2.24) is 14.9 Å². The Labute approximate surface area is 189 Å². The monoisotopic (exact) mass is 427 g/mol. The largest absolute Gasteiger partial charge is 0.351 e. The SMILES string of the molecule is Cc1cccc(C)c1N/C(=N/C#N)N1CCN(c2cnc3ccccc3n2)CC1C(C)C. The maximum Gasteiger partial charge on any atom is 0.214 e. The zero-order valence-corrected chi connectivity index (χ0v) is 19.1. The lowest BCUT2D eigenvalue weighted by molar-refractivity contribution is 0.224. The summed E-state index contributed by atoms with van der Waals surface area (Å²) in [5.74, 6) is 1.85. The van der Waals surface area contributed by atoms with Crippen molar-refractivity contribution in [3.63, 3.8) is 0 Å². The van der Waals surface area contributed by atoms with E-state index in [1.54, 1.807) is 0 Å². The molecule has 0 amide bonds. The first-order valence-corrected chi connectivity index (χ1v) is 11.0. The van der Waals surface area contributed by atoms with Crippen molar-refractivity contribution in [2.45, 2.75) is 33.7 Å². The predicted octanol–water partition coefficient (Wildman–Crippen LogP) is 4.34. The van der Waals surface area contributed by atoms with Crippen molar-refractivity contribution in [3.8, 4) is 6.19 Å². The molecule has 2 aromatic carbocycles. The van der Waals surface area contributed by atoms with Crippen molar-refractivity contribution in [1.29, 1.82) is 5.26 Å². The van der Waals surface area contributed by atoms with Crippen LogP contribution in [0.15, 0.2) is 53.7 Å². The number of anilines is 2. The van der Waals surface area contributed by atoms with E-state index in [0.29, 0.717) is 11.9 Å². The van der Waals surface area contributed by atoms with Crippen LogP contribution in [0.1, 0.15) is 25.0 Å². The Bertz CT molecular complexity index is 1160. The van der Waals surface area contributed by atoms with Crippen LogP contribution in [0.4, 0.5) is 11.5 Å². The zero-order chi connectivity index (χ0) is 22.7. The maximum absolute atomic E-state index is 9.41. The Morgan fingerprint density at radius 1 is 1.09 bits per heavy atom. The quantitative estimate of drug-likeness (QED) is 0.380. The van der Waals surface area contributed by atoms with E-state index in [2.05, 4.69) is 64.9 Å². The molecule has 0 saturated carbocycles. The van der Waals surface area contributed by atoms with E-state index in [1.807, 2.05) is 42.7 Å². The van der Waals surface area contributed by atoms with E-state index in [-0.39, 0.29) is 6.04 Å². The number of aryl methyl sites for hydroxylation is 2. The van der Waals surface area contributed by atoms with Crippen molar-refractivity contribution >= 4 is 28.5 Å². The summed E-state index contributed by atoms with van der Waals surface area (Å²) < 4.78 is 0. The van der Waals surface area contributed by atoms with Gasteiger partial charge in [-0.25, -0.2) is 4.98 Å². The van der Waals surface area contributed by atoms with Crippen LogP contribution in [0.3, 0.4) is 0 Å². The first kappa shape index (κ1) is 21.6. The van der Waals surface area contributed by atoms with E-state index in [4.69, 9.17) is 4.98 Å². The van der Waals surface area contributed by atoms with Gasteiger partial charge in [0.05, 0.1) is 23.3 Å². The molecule has 1 unspecified atom stereocenters. The van der Waals surface area contributed by atoms with Gasteiger partial charge in [0, 0.05) is 25.3 Å². The van der Waals surface area contributed by atoms with Gasteiger partial charge in [0.2, 0.25) is 12.2 Å². The van der Waals surface area contributed by atoms with Crippen LogP contribution < -0.4 is 10.2 Å². The fraction of sp³-hybridized carbons (Fsp3) is 0.360. The lowest BCUT2D eigenvalue weighted by atomic mass is 9.99. The lowest BCUT2D eigenvalue weighted by Crippen LogP contribution is -2.58. The summed E-state index contributed by atoms with van der Waals surface area (Å²) in [7, 11) is 0. The van der Waals surface area contributed by atoms with Crippen LogP contribution in [0, 0.1) is 31.2 Å². The third-order valence-corrected chi connectivity index (χ3v) is 6.09. The lowest BCUT2D eigenvalue weighted by Gasteiger charge is -2.45. The maximum atomic E-state index is 9.41. The van der Waals surface area contributed by atoms with E-state index in [0.717, 1.165) is 53.3 Å². The highest BCUT2D eigenvalue weighted by Gasteiger charge is 2.32. The third kappa shape index (κ3) is 4.35. The van der Waals surface area contributed by atoms with Gasteiger partial charge in [0.25, 0.3) is 0 Å². The molecule has 3 aromatic rings. The highest BCUT2D eigenvalue weighted by atomic mass is 15.4. The van der Waals surface area contributed by atoms with E-state index >= 15 is 0 Å². The molecule has 1 aliphatic rings. The fourth-order valence-corrected chi connectivity index (χ4v) is 4.29. The number of nitriles is 1. The number of aliphatic imine (C=N–C) groups is 1. The van der Waals surface area contributed by atoms with Gasteiger partial charge >= 0.3 is 0 Å². The Balaban J connectivity index is 1.60. The molecule has 1 aliphatic heterocycles. The number of para-hydroxylation sites is 3. The van der Waals surface area contributed by atoms with E-state index in [1.165, 1.54) is 0 Å². The number of aromatic nitrogens is 2. The average molecular weight is 428 g/mol. The molecular weight excluding hydrogens is 398 g/mol. The van der Waals surface area contributed by atoms with Gasteiger partial charge in [-0.3, -0.25) is 4.98 Å². The van der Waals surface area contributed by atoms with Crippen molar-refractivity contribution in [2.75, 3.05) is 29.9 Å². The van der Waals surface area contributed by atoms with Crippen LogP contribution in [0.2, 0.25) is 0 Å². The number of nitrogens with zero attached hydrogens (tertiary/aromatic N) is 6. The molecule has 0 radical (unpaired) electrons. The van der Waals surface area contributed by atoms with Crippen LogP contribution in [0.25, 0.3) is 11.0 Å². The van der Waals surface area contributed by atoms with Crippen LogP contribution in [0.5, 0.6) is 0 Å². The summed E-state index contributed by atoms with van der Waals surface area (Å²) in [4.78, 5) is 18.1. The second kappa shape index (κ2) is 9.23. The summed E-state index contributed by atoms with van der Waals surface area (Å²) in [5.41, 5.74) is 5.06. The highest BCUT2D eigenvalue weighted by molar-refractivity contribution is 5.96. The Morgan fingerprint density at radius 3 is 2.50 bits per heavy atom. The van der Waals surface area contributed by atoms with Crippen LogP contribution in [-0.2, 0) is 0 Å². The summed E-state index contributed by atoms with van der Waals surface area (Å²) >= 11 is 0. The molecule has 1 saturated heterocycles. The molecule has 32 heavy (non-hydrogen) atoms. The summed E-state index contributed by atoms with van der Waals surface area (Å²) in [5, 5.41) is 12.9. The first-order valence-electron chi connectivity index (χ1n) is 11.0. The Hall–Kier alpha value is -3.66. The number of nitrogens with one attached hydrogen (secondary N) is 1. The van der Waals surface area contributed by atoms with E-state index in [9.17, 15) is 5.26 Å². The zero-order valence-electron chi connectivity index (χ0n) is 19.1. The standard InChI is InChI=1S/C25H29N7/c1-17(2)22-15-31(23-14-27-20-10-5-6-11-21(20)29-23)12-13-32(22)25(28-16-26)30-24-18(3)8-7-9-19(24)4/h5-11,14,17,22H,12-13,15H2,1-4H3,(H,28,30). The molecule has 0 bridgehead atoms. The van der Waals surface area contributed by atoms with Gasteiger partial charge in [-0.05, 0) is 43.0 Å². The van der Waals surface area contributed by atoms with E-state index < -0.39 is 0 Å². The number of rotatable bonds is 3. The molecule has 1 aromatic heterocycles. The molecule has 1 fully saturated rings. The summed E-state index contributed by atoms with van der Waals surface area (Å²) in [6.07, 6.45) is 3.85. The molecule has 164 valence electrons. The fourth-order valence-electron chi connectivity index (χ4n) is 4.29. The molecule has 1 atom stereocenters. The molecule has 4 rings (SSSR count). The smallest absolute Gasteiger partial charge is 0.214 e. The topological polar surface area (TPSA) is 80.4 Å². The van der Waals surface area contributed by atoms with Crippen molar-refractivity contribution < 1.29 is 0 Å². The summed E-state index contributed by atoms with van der Waals surface area (Å²) in [6, 6.07) is 14.3. The third-order valence-electron chi connectivity index (χ3n) is 6.09. The number of fused-ring (bicyclic) bond motifs is 1. The molecule has 7 heteroatoms. The van der Waals surface area contributed by atoms with Gasteiger partial charge in [-0.15, -0.1) is 4.99 Å². The minimum atomic E-state index is 0.168. The normalized spacial score (nSPS) is 17.0. The Kier molecular flexibility index (Phi) is 6.22.